The Kier molecular flexibility index (Phi) is 14.3. The van der Waals surface area contributed by atoms with Crippen molar-refractivity contribution >= 4 is 41.4 Å². The van der Waals surface area contributed by atoms with Gasteiger partial charge in [0.05, 0.1) is 18.7 Å². The van der Waals surface area contributed by atoms with Crippen molar-refractivity contribution in [3.63, 3.8) is 0 Å². The molecule has 1 aromatic rings. The van der Waals surface area contributed by atoms with Gasteiger partial charge in [-0.3, -0.25) is 28.8 Å². The predicted molar refractivity (Wildman–Crippen MR) is 183 cm³/mol. The summed E-state index contributed by atoms with van der Waals surface area (Å²) in [5, 5.41) is 10.2. The highest BCUT2D eigenvalue weighted by molar-refractivity contribution is 6.38. The van der Waals surface area contributed by atoms with Gasteiger partial charge in [0, 0.05) is 20.6 Å². The third-order valence-corrected chi connectivity index (χ3v) is 7.99. The second-order valence-electron chi connectivity index (χ2n) is 14.8. The van der Waals surface area contributed by atoms with Gasteiger partial charge in [-0.15, -0.1) is 0 Å². The van der Waals surface area contributed by atoms with E-state index in [1.807, 2.05) is 13.8 Å². The van der Waals surface area contributed by atoms with Crippen LogP contribution in [0.25, 0.3) is 0 Å². The van der Waals surface area contributed by atoms with Crippen LogP contribution in [0.5, 0.6) is 0 Å². The maximum absolute atomic E-state index is 13.9. The average Bonchev–Trinajstić information content (AvgIpc) is 3.34. The van der Waals surface area contributed by atoms with E-state index in [0.29, 0.717) is 12.0 Å². The van der Waals surface area contributed by atoms with Crippen molar-refractivity contribution in [2.45, 2.75) is 105 Å². The Balaban J connectivity index is 2.17. The summed E-state index contributed by atoms with van der Waals surface area (Å²) >= 11 is 0. The van der Waals surface area contributed by atoms with Gasteiger partial charge in [-0.1, -0.05) is 78.3 Å². The van der Waals surface area contributed by atoms with Crippen LogP contribution in [0.2, 0.25) is 0 Å². The molecule has 0 aliphatic carbocycles. The molecule has 4 atom stereocenters. The minimum atomic E-state index is -1.22. The fourth-order valence-electron chi connectivity index (χ4n) is 5.55. The molecule has 49 heavy (non-hydrogen) atoms. The van der Waals surface area contributed by atoms with Crippen LogP contribution in [-0.2, 0) is 33.5 Å². The summed E-state index contributed by atoms with van der Waals surface area (Å²) in [6, 6.07) is 4.40. The molecule has 0 spiro atoms. The van der Waals surface area contributed by atoms with E-state index in [9.17, 15) is 33.6 Å². The molecule has 14 nitrogen and oxygen atoms in total. The Morgan fingerprint density at radius 1 is 0.980 bits per heavy atom. The lowest BCUT2D eigenvalue weighted by molar-refractivity contribution is -0.144. The number of hydrogen-bond donors (Lipinski definition) is 4. The largest absolute Gasteiger partial charge is 0.447 e. The monoisotopic (exact) mass is 686 g/mol. The Bertz CT molecular complexity index is 1370. The summed E-state index contributed by atoms with van der Waals surface area (Å²) in [5.41, 5.74) is -0.642. The van der Waals surface area contributed by atoms with Crippen LogP contribution in [0.3, 0.4) is 0 Å². The smallest absolute Gasteiger partial charge is 0.408 e. The number of rotatable bonds is 14. The molecule has 1 aromatic carbocycles. The number of nitrogens with zero attached hydrogens (tertiary/aromatic N) is 2. The highest BCUT2D eigenvalue weighted by Gasteiger charge is 2.48. The molecule has 2 unspecified atom stereocenters. The van der Waals surface area contributed by atoms with Gasteiger partial charge in [0.1, 0.15) is 18.1 Å². The molecule has 2 rings (SSSR count). The van der Waals surface area contributed by atoms with Crippen LogP contribution in [0.15, 0.2) is 30.3 Å². The minimum absolute atomic E-state index is 0.134. The van der Waals surface area contributed by atoms with Crippen molar-refractivity contribution in [2.24, 2.45) is 10.8 Å². The van der Waals surface area contributed by atoms with Gasteiger partial charge in [0.2, 0.25) is 29.4 Å². The Morgan fingerprint density at radius 2 is 1.59 bits per heavy atom. The number of Topliss-reactive ketones (excluding diaryl/α,β-unsaturated/α-hetero) is 1. The summed E-state index contributed by atoms with van der Waals surface area (Å²) in [5.74, 6) is -4.18. The number of nitrogens with one attached hydrogen (secondary N) is 4. The normalized spacial score (nSPS) is 17.3. The second kappa shape index (κ2) is 17.3. The maximum Gasteiger partial charge on any atom is 0.408 e. The molecule has 1 fully saturated rings. The first kappa shape index (κ1) is 40.7. The second-order valence-corrected chi connectivity index (χ2v) is 14.8. The topological polar surface area (TPSA) is 183 Å². The molecule has 272 valence electrons. The fraction of sp³-hybridized carbons (Fsp3) is 0.629. The number of benzene rings is 1. The van der Waals surface area contributed by atoms with Crippen LogP contribution in [0.1, 0.15) is 86.3 Å². The van der Waals surface area contributed by atoms with E-state index in [1.165, 1.54) is 9.80 Å². The van der Waals surface area contributed by atoms with E-state index >= 15 is 0 Å². The van der Waals surface area contributed by atoms with Crippen molar-refractivity contribution < 1.29 is 38.3 Å². The van der Waals surface area contributed by atoms with E-state index in [2.05, 4.69) is 21.3 Å². The van der Waals surface area contributed by atoms with E-state index in [-0.39, 0.29) is 25.3 Å². The number of hydrogen-bond acceptors (Lipinski definition) is 8. The number of ketones is 1. The number of likely N-dealkylation sites (N-methyl/N-ethyl adjacent to an activating group) is 1. The molecule has 14 heteroatoms. The van der Waals surface area contributed by atoms with Crippen molar-refractivity contribution in [1.29, 1.82) is 0 Å². The molecule has 1 saturated heterocycles. The quantitative estimate of drug-likeness (QED) is 0.215. The zero-order chi connectivity index (χ0) is 37.3. The summed E-state index contributed by atoms with van der Waals surface area (Å²) in [6.07, 6.45) is -0.294. The van der Waals surface area contributed by atoms with Crippen LogP contribution in [0.4, 0.5) is 4.79 Å². The summed E-state index contributed by atoms with van der Waals surface area (Å²) < 4.78 is 5.21. The lowest BCUT2D eigenvalue weighted by Crippen LogP contribution is -2.59. The molecule has 0 radical (unpaired) electrons. The maximum atomic E-state index is 13.9. The fourth-order valence-corrected chi connectivity index (χ4v) is 5.55. The van der Waals surface area contributed by atoms with Gasteiger partial charge in [-0.05, 0) is 43.1 Å². The first-order valence-corrected chi connectivity index (χ1v) is 16.6. The number of likely N-dealkylation sites (tertiary alicyclic amines) is 1. The Hall–Kier alpha value is -4.49. The van der Waals surface area contributed by atoms with E-state index in [4.69, 9.17) is 4.74 Å². The zero-order valence-electron chi connectivity index (χ0n) is 30.5. The van der Waals surface area contributed by atoms with Crippen LogP contribution in [0, 0.1) is 10.8 Å². The van der Waals surface area contributed by atoms with E-state index in [1.54, 1.807) is 86.0 Å². The lowest BCUT2D eigenvalue weighted by atomic mass is 9.85. The Morgan fingerprint density at radius 3 is 2.12 bits per heavy atom. The van der Waals surface area contributed by atoms with Crippen molar-refractivity contribution in [1.82, 2.24) is 31.1 Å². The number of carbonyl (C=O) groups is 7. The third kappa shape index (κ3) is 11.9. The van der Waals surface area contributed by atoms with Crippen LogP contribution < -0.4 is 21.3 Å². The van der Waals surface area contributed by atoms with Crippen molar-refractivity contribution in [2.75, 3.05) is 27.2 Å². The molecule has 4 N–H and O–H groups in total. The number of ether oxygens (including phenoxy) is 1. The van der Waals surface area contributed by atoms with Crippen molar-refractivity contribution in [3.8, 4) is 0 Å². The summed E-state index contributed by atoms with van der Waals surface area (Å²) in [7, 11) is 3.11. The Labute approximate surface area is 289 Å². The molecular formula is C35H54N6O8. The standard InChI is InChI=1S/C35H54N6O8/c1-11-15-23(27(43)30(45)36-19-25(42)38-26(31(46)40(9)10)22-16-13-12-14-17-22)37-29(44)24-18-35(7,8)20-41(24)32(47)28(34(4,5)6)39-33(48)49-21(2)3/h12-14,16-17,21,23-24,26,28H,11,15,18-20H2,1-10H3,(H,36,45)(H,37,44)(H,38,42)(H,39,48)/t23?,24-,26?,28+/m0/s1. The molecule has 0 saturated carbocycles. The zero-order valence-corrected chi connectivity index (χ0v) is 30.5. The molecule has 0 aromatic heterocycles. The number of alkyl carbamates (subject to hydrolysis) is 1. The van der Waals surface area contributed by atoms with E-state index in [0.717, 1.165) is 0 Å². The number of carbonyl (C=O) groups excluding carboxylic acids is 7. The molecule has 1 aliphatic heterocycles. The van der Waals surface area contributed by atoms with Gasteiger partial charge >= 0.3 is 6.09 Å². The molecule has 1 heterocycles. The van der Waals surface area contributed by atoms with Gasteiger partial charge in [-0.25, -0.2) is 4.79 Å². The van der Waals surface area contributed by atoms with Gasteiger partial charge in [0.25, 0.3) is 5.91 Å². The first-order valence-electron chi connectivity index (χ1n) is 16.6. The van der Waals surface area contributed by atoms with Gasteiger partial charge in [0.15, 0.2) is 0 Å². The van der Waals surface area contributed by atoms with Crippen LogP contribution >= 0.6 is 0 Å². The molecule has 0 bridgehead atoms. The number of amides is 6. The van der Waals surface area contributed by atoms with Crippen molar-refractivity contribution in [3.05, 3.63) is 35.9 Å². The third-order valence-electron chi connectivity index (χ3n) is 7.99. The lowest BCUT2D eigenvalue weighted by Gasteiger charge is -2.35. The highest BCUT2D eigenvalue weighted by atomic mass is 16.6. The average molecular weight is 687 g/mol. The predicted octanol–water partition coefficient (Wildman–Crippen LogP) is 2.08. The summed E-state index contributed by atoms with van der Waals surface area (Å²) in [4.78, 5) is 94.7. The van der Waals surface area contributed by atoms with E-state index < -0.39 is 83.2 Å². The SMILES string of the molecule is CCCC(NC(=O)[C@@H]1CC(C)(C)CN1C(=O)[C@@H](NC(=O)OC(C)C)C(C)(C)C)C(=O)C(=O)NCC(=O)NC(C(=O)N(C)C)c1ccccc1. The van der Waals surface area contributed by atoms with Gasteiger partial charge in [-0.2, -0.15) is 0 Å². The molecular weight excluding hydrogens is 632 g/mol. The highest BCUT2D eigenvalue weighted by Crippen LogP contribution is 2.36. The first-order chi connectivity index (χ1) is 22.7. The molecule has 6 amide bonds. The van der Waals surface area contributed by atoms with Gasteiger partial charge < -0.3 is 35.8 Å². The molecule has 1 aliphatic rings. The summed E-state index contributed by atoms with van der Waals surface area (Å²) in [6.45, 7) is 14.0. The minimum Gasteiger partial charge on any atom is -0.447 e. The van der Waals surface area contributed by atoms with Crippen LogP contribution in [-0.4, -0.2) is 103 Å².